The van der Waals surface area contributed by atoms with Gasteiger partial charge in [0.1, 0.15) is 0 Å². The molecule has 1 aromatic carbocycles. The lowest BCUT2D eigenvalue weighted by atomic mass is 9.99. The largest absolute Gasteiger partial charge is 0.302 e. The van der Waals surface area contributed by atoms with Crippen LogP contribution in [0.1, 0.15) is 37.3 Å². The summed E-state index contributed by atoms with van der Waals surface area (Å²) >= 11 is 1.44. The monoisotopic (exact) mass is 391 g/mol. The average Bonchev–Trinajstić information content (AvgIpc) is 3.42. The molecule has 0 spiro atoms. The molecule has 1 unspecified atom stereocenters. The van der Waals surface area contributed by atoms with Crippen molar-refractivity contribution >= 4 is 32.4 Å². The Bertz CT molecular complexity index is 891. The predicted octanol–water partition coefficient (Wildman–Crippen LogP) is 3.06. The number of hydrogen-bond acceptors (Lipinski definition) is 5. The third kappa shape index (κ3) is 3.67. The van der Waals surface area contributed by atoms with E-state index in [1.165, 1.54) is 28.5 Å². The number of sulfonamides is 1. The number of hydrogen-bond donors (Lipinski definition) is 1. The van der Waals surface area contributed by atoms with Crippen LogP contribution in [-0.4, -0.2) is 36.7 Å². The molecule has 1 saturated heterocycles. The minimum Gasteiger partial charge on any atom is -0.302 e. The molecule has 6 nitrogen and oxygen atoms in total. The Balaban J connectivity index is 1.43. The summed E-state index contributed by atoms with van der Waals surface area (Å²) in [7, 11) is -3.56. The van der Waals surface area contributed by atoms with Crippen molar-refractivity contribution in [1.82, 2.24) is 9.29 Å². The van der Waals surface area contributed by atoms with E-state index < -0.39 is 10.0 Å². The summed E-state index contributed by atoms with van der Waals surface area (Å²) in [5.74, 6) is 0.0586. The molecule has 138 valence electrons. The van der Waals surface area contributed by atoms with Crippen molar-refractivity contribution in [2.24, 2.45) is 5.92 Å². The summed E-state index contributed by atoms with van der Waals surface area (Å²) < 4.78 is 27.0. The van der Waals surface area contributed by atoms with Crippen LogP contribution in [0, 0.1) is 5.92 Å². The van der Waals surface area contributed by atoms with Crippen LogP contribution in [0.3, 0.4) is 0 Å². The van der Waals surface area contributed by atoms with Crippen LogP contribution in [0.4, 0.5) is 5.13 Å². The molecule has 2 fully saturated rings. The van der Waals surface area contributed by atoms with E-state index in [2.05, 4.69) is 10.3 Å². The van der Waals surface area contributed by atoms with Crippen molar-refractivity contribution in [3.8, 4) is 0 Å². The Hall–Kier alpha value is -1.77. The Morgan fingerprint density at radius 3 is 2.69 bits per heavy atom. The number of benzene rings is 1. The fourth-order valence-electron chi connectivity index (χ4n) is 3.23. The molecule has 1 N–H and O–H groups in total. The number of piperidine rings is 1. The highest BCUT2D eigenvalue weighted by Gasteiger charge is 2.33. The molecule has 0 radical (unpaired) electrons. The zero-order valence-corrected chi connectivity index (χ0v) is 15.9. The highest BCUT2D eigenvalue weighted by atomic mass is 32.2. The van der Waals surface area contributed by atoms with E-state index in [-0.39, 0.29) is 23.3 Å². The molecular weight excluding hydrogens is 370 g/mol. The van der Waals surface area contributed by atoms with Gasteiger partial charge in [-0.25, -0.2) is 13.4 Å². The summed E-state index contributed by atoms with van der Waals surface area (Å²) in [6.45, 7) is 0.661. The van der Waals surface area contributed by atoms with Crippen LogP contribution < -0.4 is 5.32 Å². The molecule has 2 aromatic rings. The van der Waals surface area contributed by atoms with Gasteiger partial charge in [0.25, 0.3) is 0 Å². The number of carbonyl (C=O) groups is 1. The van der Waals surface area contributed by atoms with E-state index in [0.717, 1.165) is 5.69 Å². The van der Waals surface area contributed by atoms with Crippen molar-refractivity contribution in [3.63, 3.8) is 0 Å². The van der Waals surface area contributed by atoms with E-state index in [0.29, 0.717) is 30.4 Å². The number of thiazole rings is 1. The van der Waals surface area contributed by atoms with Crippen molar-refractivity contribution in [3.05, 3.63) is 41.4 Å². The van der Waals surface area contributed by atoms with E-state index in [4.69, 9.17) is 0 Å². The van der Waals surface area contributed by atoms with Gasteiger partial charge in [0.2, 0.25) is 15.9 Å². The zero-order valence-electron chi connectivity index (χ0n) is 14.3. The molecule has 1 saturated carbocycles. The van der Waals surface area contributed by atoms with Crippen molar-refractivity contribution < 1.29 is 13.2 Å². The van der Waals surface area contributed by atoms with Gasteiger partial charge in [-0.3, -0.25) is 4.79 Å². The first kappa shape index (κ1) is 17.6. The lowest BCUT2D eigenvalue weighted by Crippen LogP contribution is -2.43. The van der Waals surface area contributed by atoms with Crippen molar-refractivity contribution in [1.29, 1.82) is 0 Å². The van der Waals surface area contributed by atoms with Crippen LogP contribution in [0.5, 0.6) is 0 Å². The van der Waals surface area contributed by atoms with Crippen LogP contribution in [0.15, 0.2) is 40.6 Å². The molecule has 1 amide bonds. The second kappa shape index (κ2) is 7.09. The number of rotatable bonds is 5. The number of nitrogens with zero attached hydrogens (tertiary/aromatic N) is 2. The standard InChI is InChI=1S/C18H21N3O3S2/c22-17(20-18-19-16(12-25-18)13-8-9-13)14-5-4-10-21(11-14)26(23,24)15-6-2-1-3-7-15/h1-3,6-7,12-14H,4-5,8-11H2,(H,19,20,22). The molecule has 1 aromatic heterocycles. The van der Waals surface area contributed by atoms with E-state index in [9.17, 15) is 13.2 Å². The molecule has 1 aliphatic heterocycles. The number of amides is 1. The fraction of sp³-hybridized carbons (Fsp3) is 0.444. The highest BCUT2D eigenvalue weighted by Crippen LogP contribution is 2.41. The molecule has 2 aliphatic rings. The van der Waals surface area contributed by atoms with Crippen LogP contribution in [-0.2, 0) is 14.8 Å². The molecule has 1 atom stereocenters. The van der Waals surface area contributed by atoms with Gasteiger partial charge in [-0.2, -0.15) is 4.31 Å². The first-order chi connectivity index (χ1) is 12.5. The predicted molar refractivity (Wildman–Crippen MR) is 101 cm³/mol. The molecule has 4 rings (SSSR count). The normalized spacial score (nSPS) is 21.5. The lowest BCUT2D eigenvalue weighted by molar-refractivity contribution is -0.120. The maximum atomic E-state index is 12.8. The third-order valence-corrected chi connectivity index (χ3v) is 7.54. The Morgan fingerprint density at radius 1 is 1.19 bits per heavy atom. The number of aromatic nitrogens is 1. The lowest BCUT2D eigenvalue weighted by Gasteiger charge is -2.31. The zero-order chi connectivity index (χ0) is 18.1. The van der Waals surface area contributed by atoms with Crippen LogP contribution in [0.25, 0.3) is 0 Å². The number of carbonyl (C=O) groups excluding carboxylic acids is 1. The topological polar surface area (TPSA) is 79.4 Å². The summed E-state index contributed by atoms with van der Waals surface area (Å²) in [4.78, 5) is 17.4. The maximum absolute atomic E-state index is 12.8. The van der Waals surface area contributed by atoms with Gasteiger partial charge in [-0.15, -0.1) is 11.3 Å². The molecule has 2 heterocycles. The molecule has 8 heteroatoms. The summed E-state index contributed by atoms with van der Waals surface area (Å²) in [5.41, 5.74) is 1.06. The van der Waals surface area contributed by atoms with Gasteiger partial charge in [-0.1, -0.05) is 18.2 Å². The minimum absolute atomic E-state index is 0.144. The molecule has 1 aliphatic carbocycles. The van der Waals surface area contributed by atoms with Crippen LogP contribution >= 0.6 is 11.3 Å². The molecular formula is C18H21N3O3S2. The Morgan fingerprint density at radius 2 is 1.96 bits per heavy atom. The van der Waals surface area contributed by atoms with Gasteiger partial charge in [0, 0.05) is 24.4 Å². The summed E-state index contributed by atoms with van der Waals surface area (Å²) in [6.07, 6.45) is 3.71. The first-order valence-electron chi connectivity index (χ1n) is 8.85. The number of anilines is 1. The van der Waals surface area contributed by atoms with E-state index in [1.807, 2.05) is 5.38 Å². The quantitative estimate of drug-likeness (QED) is 0.850. The smallest absolute Gasteiger partial charge is 0.243 e. The first-order valence-corrected chi connectivity index (χ1v) is 11.2. The van der Waals surface area contributed by atoms with Gasteiger partial charge in [-0.05, 0) is 37.8 Å². The summed E-state index contributed by atoms with van der Waals surface area (Å²) in [6, 6.07) is 8.39. The Kier molecular flexibility index (Phi) is 4.81. The second-order valence-electron chi connectivity index (χ2n) is 6.86. The van der Waals surface area contributed by atoms with Gasteiger partial charge in [0.05, 0.1) is 16.5 Å². The van der Waals surface area contributed by atoms with Gasteiger partial charge in [0.15, 0.2) is 5.13 Å². The van der Waals surface area contributed by atoms with E-state index >= 15 is 0 Å². The summed E-state index contributed by atoms with van der Waals surface area (Å²) in [5, 5.41) is 5.48. The molecule has 0 bridgehead atoms. The SMILES string of the molecule is O=C(Nc1nc(C2CC2)cs1)C1CCCN(S(=O)(=O)c2ccccc2)C1. The average molecular weight is 392 g/mol. The maximum Gasteiger partial charge on any atom is 0.243 e. The minimum atomic E-state index is -3.56. The van der Waals surface area contributed by atoms with Crippen LogP contribution in [0.2, 0.25) is 0 Å². The van der Waals surface area contributed by atoms with Gasteiger partial charge >= 0.3 is 0 Å². The van der Waals surface area contributed by atoms with E-state index in [1.54, 1.807) is 30.3 Å². The third-order valence-electron chi connectivity index (χ3n) is 4.88. The highest BCUT2D eigenvalue weighted by molar-refractivity contribution is 7.89. The van der Waals surface area contributed by atoms with Crippen molar-refractivity contribution in [2.75, 3.05) is 18.4 Å². The molecule has 26 heavy (non-hydrogen) atoms. The second-order valence-corrected chi connectivity index (χ2v) is 9.65. The van der Waals surface area contributed by atoms with Crippen molar-refractivity contribution in [2.45, 2.75) is 36.5 Å². The number of nitrogens with one attached hydrogen (secondary N) is 1. The fourth-order valence-corrected chi connectivity index (χ4v) is 5.57. The van der Waals surface area contributed by atoms with Gasteiger partial charge < -0.3 is 5.32 Å². The Labute approximate surface area is 157 Å².